The number of carbonyl (C=O) groups excluding carboxylic acids is 1. The van der Waals surface area contributed by atoms with Crippen LogP contribution in [0.2, 0.25) is 5.02 Å². The number of anilines is 2. The average molecular weight is 489 g/mol. The minimum absolute atomic E-state index is 0.0291. The summed E-state index contributed by atoms with van der Waals surface area (Å²) in [4.78, 5) is 25.8. The monoisotopic (exact) mass is 488 g/mol. The van der Waals surface area contributed by atoms with Gasteiger partial charge in [-0.15, -0.1) is 0 Å². The third-order valence-corrected chi connectivity index (χ3v) is 7.66. The summed E-state index contributed by atoms with van der Waals surface area (Å²) in [5.74, 6) is -0.329. The first-order valence-corrected chi connectivity index (χ1v) is 12.1. The predicted molar refractivity (Wildman–Crippen MR) is 126 cm³/mol. The van der Waals surface area contributed by atoms with Crippen molar-refractivity contribution in [1.29, 1.82) is 0 Å². The van der Waals surface area contributed by atoms with Crippen LogP contribution in [0, 0.1) is 23.0 Å². The number of halogens is 3. The van der Waals surface area contributed by atoms with Gasteiger partial charge in [0, 0.05) is 22.9 Å². The third-order valence-electron chi connectivity index (χ3n) is 7.44. The minimum Gasteiger partial charge on any atom is -0.369 e. The van der Waals surface area contributed by atoms with Crippen molar-refractivity contribution in [2.75, 3.05) is 5.32 Å². The van der Waals surface area contributed by atoms with E-state index in [4.69, 9.17) is 22.3 Å². The zero-order valence-electron chi connectivity index (χ0n) is 19.0. The highest BCUT2D eigenvalue weighted by Gasteiger charge is 2.38. The van der Waals surface area contributed by atoms with Gasteiger partial charge >= 0.3 is 0 Å². The van der Waals surface area contributed by atoms with Gasteiger partial charge in [-0.25, -0.2) is 23.7 Å². The number of hydrogen-bond acceptors (Lipinski definition) is 5. The number of primary amides is 1. The van der Waals surface area contributed by atoms with Gasteiger partial charge in [-0.3, -0.25) is 9.36 Å². The molecule has 0 aliphatic heterocycles. The number of hydrogen-bond donors (Lipinski definition) is 2. The van der Waals surface area contributed by atoms with Gasteiger partial charge in [0.25, 0.3) is 0 Å². The lowest BCUT2D eigenvalue weighted by molar-refractivity contribution is -0.128. The number of aromatic nitrogens is 4. The summed E-state index contributed by atoms with van der Waals surface area (Å²) in [5.41, 5.74) is 5.89. The van der Waals surface area contributed by atoms with Crippen molar-refractivity contribution in [2.45, 2.75) is 64.3 Å². The van der Waals surface area contributed by atoms with Crippen LogP contribution in [0.4, 0.5) is 20.4 Å². The molecule has 2 saturated carbocycles. The Balaban J connectivity index is 1.55. The molecule has 2 heterocycles. The van der Waals surface area contributed by atoms with Crippen molar-refractivity contribution in [2.24, 2.45) is 17.1 Å². The molecule has 3 aromatic rings. The van der Waals surface area contributed by atoms with Crippen LogP contribution < -0.4 is 11.1 Å². The maximum atomic E-state index is 14.6. The Morgan fingerprint density at radius 2 is 1.88 bits per heavy atom. The molecular weight excluding hydrogens is 462 g/mol. The maximum Gasteiger partial charge on any atom is 0.223 e. The largest absolute Gasteiger partial charge is 0.369 e. The van der Waals surface area contributed by atoms with Crippen molar-refractivity contribution in [3.05, 3.63) is 40.8 Å². The molecule has 0 bridgehead atoms. The normalized spacial score (nSPS) is 23.1. The van der Waals surface area contributed by atoms with E-state index < -0.39 is 17.0 Å². The summed E-state index contributed by atoms with van der Waals surface area (Å²) in [7, 11) is 0. The van der Waals surface area contributed by atoms with E-state index in [2.05, 4.69) is 15.3 Å². The van der Waals surface area contributed by atoms with Gasteiger partial charge in [0.15, 0.2) is 17.3 Å². The standard InChI is InChI=1S/C24H27ClF2N6O/c1-24(22(28)34)7-5-15(6-8-24)33-21-18(12-29-19(31-21)9-13-3-2-4-13)30-23(33)32-20-16(26)10-14(25)11-17(20)27/h10-13,15H,2-9H2,1H3,(H2,28,34)(H,30,32). The Kier molecular flexibility index (Phi) is 5.91. The number of rotatable bonds is 6. The van der Waals surface area contributed by atoms with Gasteiger partial charge in [0.1, 0.15) is 17.0 Å². The first-order valence-electron chi connectivity index (χ1n) is 11.7. The Labute approximate surface area is 201 Å². The molecule has 0 spiro atoms. The number of nitrogens with two attached hydrogens (primary N) is 1. The van der Waals surface area contributed by atoms with Crippen LogP contribution in [-0.2, 0) is 11.2 Å². The van der Waals surface area contributed by atoms with Crippen molar-refractivity contribution in [3.8, 4) is 0 Å². The van der Waals surface area contributed by atoms with Gasteiger partial charge in [-0.2, -0.15) is 0 Å². The minimum atomic E-state index is -0.815. The van der Waals surface area contributed by atoms with Crippen LogP contribution in [0.1, 0.15) is 63.7 Å². The molecule has 0 unspecified atom stereocenters. The molecule has 3 N–H and O–H groups in total. The van der Waals surface area contributed by atoms with E-state index in [9.17, 15) is 13.6 Å². The zero-order valence-corrected chi connectivity index (χ0v) is 19.7. The topological polar surface area (TPSA) is 98.7 Å². The van der Waals surface area contributed by atoms with E-state index in [-0.39, 0.29) is 28.6 Å². The molecule has 1 amide bonds. The molecule has 10 heteroatoms. The molecule has 1 aromatic carbocycles. The SMILES string of the molecule is CC1(C(N)=O)CCC(n2c(Nc3c(F)cc(Cl)cc3F)nc3cnc(CC4CCC4)nc32)CC1. The molecule has 2 aliphatic rings. The molecular formula is C24H27ClF2N6O. The fourth-order valence-corrected chi connectivity index (χ4v) is 5.12. The summed E-state index contributed by atoms with van der Waals surface area (Å²) in [5, 5.41) is 2.80. The third kappa shape index (κ3) is 4.21. The lowest BCUT2D eigenvalue weighted by Crippen LogP contribution is -2.38. The Hall–Kier alpha value is -2.81. The van der Waals surface area contributed by atoms with Crippen LogP contribution in [0.3, 0.4) is 0 Å². The van der Waals surface area contributed by atoms with E-state index >= 15 is 0 Å². The van der Waals surface area contributed by atoms with E-state index in [1.807, 2.05) is 11.5 Å². The lowest BCUT2D eigenvalue weighted by Gasteiger charge is -2.35. The maximum absolute atomic E-state index is 14.6. The molecule has 2 aliphatic carbocycles. The van der Waals surface area contributed by atoms with Gasteiger partial charge in [0.05, 0.1) is 6.20 Å². The molecule has 0 radical (unpaired) electrons. The van der Waals surface area contributed by atoms with Crippen molar-refractivity contribution >= 4 is 40.3 Å². The van der Waals surface area contributed by atoms with E-state index in [1.54, 1.807) is 6.20 Å². The second kappa shape index (κ2) is 8.76. The number of imidazole rings is 1. The number of nitrogens with zero attached hydrogens (tertiary/aromatic N) is 4. The molecule has 2 fully saturated rings. The van der Waals surface area contributed by atoms with Crippen LogP contribution >= 0.6 is 11.6 Å². The number of carbonyl (C=O) groups is 1. The number of nitrogens with one attached hydrogen (secondary N) is 1. The summed E-state index contributed by atoms with van der Waals surface area (Å²) in [6.07, 6.45) is 8.59. The van der Waals surface area contributed by atoms with E-state index in [0.717, 1.165) is 24.4 Å². The molecule has 0 saturated heterocycles. The molecule has 5 rings (SSSR count). The molecule has 0 atom stereocenters. The second-order valence-corrected chi connectivity index (χ2v) is 10.3. The summed E-state index contributed by atoms with van der Waals surface area (Å²) >= 11 is 5.79. The highest BCUT2D eigenvalue weighted by molar-refractivity contribution is 6.30. The summed E-state index contributed by atoms with van der Waals surface area (Å²) in [6.45, 7) is 1.88. The van der Waals surface area contributed by atoms with Crippen LogP contribution in [-0.4, -0.2) is 25.4 Å². The highest BCUT2D eigenvalue weighted by atomic mass is 35.5. The van der Waals surface area contributed by atoms with E-state index in [0.29, 0.717) is 42.8 Å². The van der Waals surface area contributed by atoms with Crippen molar-refractivity contribution < 1.29 is 13.6 Å². The zero-order chi connectivity index (χ0) is 24.0. The van der Waals surface area contributed by atoms with Gasteiger partial charge < -0.3 is 11.1 Å². The summed E-state index contributed by atoms with van der Waals surface area (Å²) in [6, 6.07) is 2.04. The van der Waals surface area contributed by atoms with Crippen molar-refractivity contribution in [1.82, 2.24) is 19.5 Å². The molecule has 34 heavy (non-hydrogen) atoms. The van der Waals surface area contributed by atoms with Gasteiger partial charge in [-0.1, -0.05) is 37.8 Å². The quantitative estimate of drug-likeness (QED) is 0.480. The molecule has 7 nitrogen and oxygen atoms in total. The van der Waals surface area contributed by atoms with Gasteiger partial charge in [-0.05, 0) is 43.7 Å². The molecule has 2 aromatic heterocycles. The van der Waals surface area contributed by atoms with Crippen LogP contribution in [0.15, 0.2) is 18.3 Å². The smallest absolute Gasteiger partial charge is 0.223 e. The molecule has 180 valence electrons. The first kappa shape index (κ1) is 23.0. The lowest BCUT2D eigenvalue weighted by atomic mass is 9.73. The number of amides is 1. The fraction of sp³-hybridized carbons (Fsp3) is 0.500. The van der Waals surface area contributed by atoms with E-state index in [1.165, 1.54) is 19.3 Å². The van der Waals surface area contributed by atoms with Gasteiger partial charge in [0.2, 0.25) is 11.9 Å². The predicted octanol–water partition coefficient (Wildman–Crippen LogP) is 5.45. The van der Waals surface area contributed by atoms with Crippen LogP contribution in [0.5, 0.6) is 0 Å². The first-order chi connectivity index (χ1) is 16.2. The second-order valence-electron chi connectivity index (χ2n) is 9.83. The Bertz CT molecular complexity index is 1230. The fourth-order valence-electron chi connectivity index (χ4n) is 4.93. The Morgan fingerprint density at radius 1 is 1.21 bits per heavy atom. The average Bonchev–Trinajstić information content (AvgIpc) is 3.11. The number of benzene rings is 1. The Morgan fingerprint density at radius 3 is 2.47 bits per heavy atom. The van der Waals surface area contributed by atoms with Crippen molar-refractivity contribution in [3.63, 3.8) is 0 Å². The summed E-state index contributed by atoms with van der Waals surface area (Å²) < 4.78 is 31.0. The highest BCUT2D eigenvalue weighted by Crippen LogP contribution is 2.43. The van der Waals surface area contributed by atoms with Crippen LogP contribution in [0.25, 0.3) is 11.2 Å². The number of fused-ring (bicyclic) bond motifs is 1.